The largest absolute Gasteiger partial charge is 0.439 e. The molecular formula is C22H20ClFN4O2. The highest BCUT2D eigenvalue weighted by atomic mass is 35.5. The molecule has 8 heteroatoms. The molecule has 0 radical (unpaired) electrons. The zero-order chi connectivity index (χ0) is 21.1. The maximum absolute atomic E-state index is 13.4. The molecule has 0 N–H and O–H groups in total. The molecule has 30 heavy (non-hydrogen) atoms. The van der Waals surface area contributed by atoms with Gasteiger partial charge in [0.25, 0.3) is 5.91 Å². The summed E-state index contributed by atoms with van der Waals surface area (Å²) in [6.45, 7) is 3.74. The number of piperazine rings is 1. The summed E-state index contributed by atoms with van der Waals surface area (Å²) < 4.78 is 19.0. The molecule has 154 valence electrons. The van der Waals surface area contributed by atoms with Gasteiger partial charge >= 0.3 is 0 Å². The highest BCUT2D eigenvalue weighted by Gasteiger charge is 2.29. The molecule has 1 saturated heterocycles. The minimum absolute atomic E-state index is 0.0370. The molecule has 2 aromatic carbocycles. The Morgan fingerprint density at radius 3 is 2.73 bits per heavy atom. The lowest BCUT2D eigenvalue weighted by Gasteiger charge is -2.40. The van der Waals surface area contributed by atoms with Crippen LogP contribution < -0.4 is 9.64 Å². The third-order valence-corrected chi connectivity index (χ3v) is 5.29. The highest BCUT2D eigenvalue weighted by Crippen LogP contribution is 2.25. The maximum Gasteiger partial charge on any atom is 0.255 e. The Morgan fingerprint density at radius 1 is 1.13 bits per heavy atom. The molecule has 0 aliphatic carbocycles. The second-order valence-corrected chi connectivity index (χ2v) is 7.45. The molecule has 2 heterocycles. The smallest absolute Gasteiger partial charge is 0.255 e. The monoisotopic (exact) mass is 426 g/mol. The summed E-state index contributed by atoms with van der Waals surface area (Å²) in [5.41, 5.74) is 0.507. The Bertz CT molecular complexity index is 1060. The van der Waals surface area contributed by atoms with Gasteiger partial charge in [-0.2, -0.15) is 0 Å². The number of anilines is 1. The lowest BCUT2D eigenvalue weighted by Crippen LogP contribution is -2.54. The number of halogens is 2. The van der Waals surface area contributed by atoms with Gasteiger partial charge in [-0.25, -0.2) is 14.4 Å². The van der Waals surface area contributed by atoms with Crippen molar-refractivity contribution >= 4 is 23.3 Å². The fourth-order valence-electron chi connectivity index (χ4n) is 3.47. The number of nitrogens with zero attached hydrogens (tertiary/aromatic N) is 4. The van der Waals surface area contributed by atoms with E-state index >= 15 is 0 Å². The molecule has 4 rings (SSSR count). The van der Waals surface area contributed by atoms with Gasteiger partial charge in [0.15, 0.2) is 0 Å². The van der Waals surface area contributed by atoms with Crippen LogP contribution in [-0.2, 0) is 0 Å². The third kappa shape index (κ3) is 4.36. The van der Waals surface area contributed by atoms with Crippen LogP contribution in [0.2, 0.25) is 5.02 Å². The van der Waals surface area contributed by atoms with Crippen LogP contribution in [0.4, 0.5) is 10.2 Å². The number of benzene rings is 2. The zero-order valence-corrected chi connectivity index (χ0v) is 17.1. The molecule has 1 amide bonds. The minimum Gasteiger partial charge on any atom is -0.439 e. The molecule has 6 nitrogen and oxygen atoms in total. The zero-order valence-electron chi connectivity index (χ0n) is 16.3. The quantitative estimate of drug-likeness (QED) is 0.618. The lowest BCUT2D eigenvalue weighted by atomic mass is 10.1. The fraction of sp³-hybridized carbons (Fsp3) is 0.227. The summed E-state index contributed by atoms with van der Waals surface area (Å²) in [5.74, 6) is 0.921. The first kappa shape index (κ1) is 20.1. The van der Waals surface area contributed by atoms with Gasteiger partial charge in [-0.3, -0.25) is 4.79 Å². The van der Waals surface area contributed by atoms with Gasteiger partial charge in [0.1, 0.15) is 23.7 Å². The number of aromatic nitrogens is 2. The Kier molecular flexibility index (Phi) is 5.81. The summed E-state index contributed by atoms with van der Waals surface area (Å²) in [6.07, 6.45) is 1.41. The maximum atomic E-state index is 13.4. The first-order valence-corrected chi connectivity index (χ1v) is 9.95. The predicted molar refractivity (Wildman–Crippen MR) is 113 cm³/mol. The Balaban J connectivity index is 1.45. The SMILES string of the molecule is C[C@H]1CN(c2cc(Oc3cccc(F)c3)ncn2)CCN1C(=O)c1ccccc1Cl. The van der Waals surface area contributed by atoms with E-state index in [1.165, 1.54) is 18.5 Å². The summed E-state index contributed by atoms with van der Waals surface area (Å²) >= 11 is 6.19. The molecule has 0 spiro atoms. The van der Waals surface area contributed by atoms with E-state index in [1.54, 1.807) is 42.5 Å². The van der Waals surface area contributed by atoms with Crippen LogP contribution in [-0.4, -0.2) is 46.5 Å². The number of ether oxygens (including phenoxy) is 1. The summed E-state index contributed by atoms with van der Waals surface area (Å²) in [4.78, 5) is 25.2. The second-order valence-electron chi connectivity index (χ2n) is 7.05. The van der Waals surface area contributed by atoms with Crippen molar-refractivity contribution < 1.29 is 13.9 Å². The first-order valence-electron chi connectivity index (χ1n) is 9.57. The van der Waals surface area contributed by atoms with Gasteiger partial charge in [-0.1, -0.05) is 29.8 Å². The lowest BCUT2D eigenvalue weighted by molar-refractivity contribution is 0.0674. The van der Waals surface area contributed by atoms with Crippen LogP contribution in [0.3, 0.4) is 0 Å². The van der Waals surface area contributed by atoms with Crippen LogP contribution in [0.15, 0.2) is 60.9 Å². The van der Waals surface area contributed by atoms with Crippen molar-refractivity contribution in [3.05, 3.63) is 77.3 Å². The van der Waals surface area contributed by atoms with E-state index in [9.17, 15) is 9.18 Å². The summed E-state index contributed by atoms with van der Waals surface area (Å²) in [6, 6.07) is 14.6. The van der Waals surface area contributed by atoms with Crippen molar-refractivity contribution in [1.82, 2.24) is 14.9 Å². The Morgan fingerprint density at radius 2 is 1.97 bits per heavy atom. The second kappa shape index (κ2) is 8.67. The van der Waals surface area contributed by atoms with E-state index in [0.29, 0.717) is 47.7 Å². The van der Waals surface area contributed by atoms with E-state index in [2.05, 4.69) is 14.9 Å². The van der Waals surface area contributed by atoms with E-state index in [-0.39, 0.29) is 17.8 Å². The molecule has 1 aromatic heterocycles. The molecule has 1 aliphatic rings. The molecule has 0 bridgehead atoms. The Labute approximate surface area is 178 Å². The average Bonchev–Trinajstić information content (AvgIpc) is 2.74. The standard InChI is InChI=1S/C22H20ClFN4O2/c1-15-13-27(9-10-28(15)22(29)18-7-2-3-8-19(18)23)20-12-21(26-14-25-20)30-17-6-4-5-16(24)11-17/h2-8,11-12,14-15H,9-10,13H2,1H3/t15-/m0/s1. The van der Waals surface area contributed by atoms with Gasteiger partial charge in [-0.15, -0.1) is 0 Å². The van der Waals surface area contributed by atoms with Crippen LogP contribution in [0.1, 0.15) is 17.3 Å². The number of hydrogen-bond donors (Lipinski definition) is 0. The molecule has 0 unspecified atom stereocenters. The molecule has 1 fully saturated rings. The van der Waals surface area contributed by atoms with E-state index in [1.807, 2.05) is 11.8 Å². The molecule has 1 aliphatic heterocycles. The third-order valence-electron chi connectivity index (χ3n) is 4.96. The summed E-state index contributed by atoms with van der Waals surface area (Å²) in [5, 5.41) is 0.451. The van der Waals surface area contributed by atoms with Crippen molar-refractivity contribution in [2.75, 3.05) is 24.5 Å². The van der Waals surface area contributed by atoms with Gasteiger partial charge in [0.05, 0.1) is 10.6 Å². The fourth-order valence-corrected chi connectivity index (χ4v) is 3.68. The minimum atomic E-state index is -0.380. The molecule has 1 atom stereocenters. The van der Waals surface area contributed by atoms with Gasteiger partial charge < -0.3 is 14.5 Å². The van der Waals surface area contributed by atoms with Crippen molar-refractivity contribution in [1.29, 1.82) is 0 Å². The van der Waals surface area contributed by atoms with Crippen molar-refractivity contribution in [3.8, 4) is 11.6 Å². The average molecular weight is 427 g/mol. The van der Waals surface area contributed by atoms with Gasteiger partial charge in [0.2, 0.25) is 5.88 Å². The predicted octanol–water partition coefficient (Wildman–Crippen LogP) is 4.41. The summed E-state index contributed by atoms with van der Waals surface area (Å²) in [7, 11) is 0. The van der Waals surface area contributed by atoms with Gasteiger partial charge in [0, 0.05) is 37.8 Å². The van der Waals surface area contributed by atoms with Gasteiger partial charge in [-0.05, 0) is 31.2 Å². The number of amides is 1. The number of carbonyl (C=O) groups is 1. The number of hydrogen-bond acceptors (Lipinski definition) is 5. The van der Waals surface area contributed by atoms with E-state index in [4.69, 9.17) is 16.3 Å². The molecule has 3 aromatic rings. The molecule has 0 saturated carbocycles. The first-order chi connectivity index (χ1) is 14.5. The van der Waals surface area contributed by atoms with Crippen LogP contribution in [0, 0.1) is 5.82 Å². The van der Waals surface area contributed by atoms with Crippen LogP contribution >= 0.6 is 11.6 Å². The topological polar surface area (TPSA) is 58.6 Å². The van der Waals surface area contributed by atoms with Crippen LogP contribution in [0.5, 0.6) is 11.6 Å². The van der Waals surface area contributed by atoms with E-state index < -0.39 is 0 Å². The normalized spacial score (nSPS) is 16.4. The Hall–Kier alpha value is -3.19. The number of rotatable bonds is 4. The molecular weight excluding hydrogens is 407 g/mol. The van der Waals surface area contributed by atoms with E-state index in [0.717, 1.165) is 0 Å². The van der Waals surface area contributed by atoms with Crippen molar-refractivity contribution in [2.45, 2.75) is 13.0 Å². The van der Waals surface area contributed by atoms with Crippen LogP contribution in [0.25, 0.3) is 0 Å². The van der Waals surface area contributed by atoms with Crippen molar-refractivity contribution in [2.24, 2.45) is 0 Å². The highest BCUT2D eigenvalue weighted by molar-refractivity contribution is 6.33. The number of carbonyl (C=O) groups excluding carboxylic acids is 1. The van der Waals surface area contributed by atoms with Crippen molar-refractivity contribution in [3.63, 3.8) is 0 Å².